The quantitative estimate of drug-likeness (QED) is 0.255. The molecule has 0 aliphatic heterocycles. The predicted molar refractivity (Wildman–Crippen MR) is 163 cm³/mol. The Labute approximate surface area is 253 Å². The normalized spacial score (nSPS) is 11.2. The van der Waals surface area contributed by atoms with Crippen molar-refractivity contribution in [2.75, 3.05) is 33.1 Å². The zero-order chi connectivity index (χ0) is 31.5. The Morgan fingerprint density at radius 1 is 1.05 bits per heavy atom. The summed E-state index contributed by atoms with van der Waals surface area (Å²) in [5.41, 5.74) is -0.682. The molecule has 0 spiro atoms. The van der Waals surface area contributed by atoms with Crippen LogP contribution in [-0.2, 0) is 13.1 Å². The third-order valence-corrected chi connectivity index (χ3v) is 7.90. The number of hydrogen-bond acceptors (Lipinski definition) is 9. The molecule has 4 heterocycles. The number of amides is 2. The zero-order valence-corrected chi connectivity index (χ0v) is 25.0. The summed E-state index contributed by atoms with van der Waals surface area (Å²) >= 11 is 1.13. The zero-order valence-electron chi connectivity index (χ0n) is 24.2. The average Bonchev–Trinajstić information content (AvgIpc) is 3.36. The number of benzene rings is 1. The SMILES string of the molecule is CCNC(=O)Nc1ccc(-c2sc3c(c2CN(C)C)c(=O)n(-c2ccc(OC)nn2)c(=O)n3Cc2c(F)cccc2F)cn1. The van der Waals surface area contributed by atoms with E-state index >= 15 is 0 Å². The van der Waals surface area contributed by atoms with Gasteiger partial charge >= 0.3 is 11.7 Å². The molecule has 2 N–H and O–H groups in total. The lowest BCUT2D eigenvalue weighted by molar-refractivity contribution is 0.252. The van der Waals surface area contributed by atoms with Gasteiger partial charge < -0.3 is 15.0 Å². The van der Waals surface area contributed by atoms with Crippen molar-refractivity contribution in [3.8, 4) is 22.1 Å². The number of nitrogens with zero attached hydrogens (tertiary/aromatic N) is 6. The largest absolute Gasteiger partial charge is 0.480 e. The molecule has 0 radical (unpaired) electrons. The van der Waals surface area contributed by atoms with Gasteiger partial charge in [-0.05, 0) is 56.9 Å². The Balaban J connectivity index is 1.79. The average molecular weight is 623 g/mol. The summed E-state index contributed by atoms with van der Waals surface area (Å²) in [4.78, 5) is 47.1. The fourth-order valence-electron chi connectivity index (χ4n) is 4.62. The molecule has 0 saturated heterocycles. The van der Waals surface area contributed by atoms with Gasteiger partial charge in [0.2, 0.25) is 5.88 Å². The molecule has 0 saturated carbocycles. The van der Waals surface area contributed by atoms with Gasteiger partial charge in [0.25, 0.3) is 5.56 Å². The van der Waals surface area contributed by atoms with Crippen molar-refractivity contribution in [3.63, 3.8) is 0 Å². The van der Waals surface area contributed by atoms with Crippen LogP contribution < -0.4 is 26.6 Å². The first-order chi connectivity index (χ1) is 21.1. The van der Waals surface area contributed by atoms with Gasteiger partial charge in [-0.2, -0.15) is 0 Å². The summed E-state index contributed by atoms with van der Waals surface area (Å²) in [6, 6.07) is 9.21. The molecule has 0 fully saturated rings. The van der Waals surface area contributed by atoms with Gasteiger partial charge in [-0.3, -0.25) is 14.7 Å². The van der Waals surface area contributed by atoms with Crippen molar-refractivity contribution in [1.29, 1.82) is 0 Å². The summed E-state index contributed by atoms with van der Waals surface area (Å²) < 4.78 is 36.7. The molecule has 5 rings (SSSR count). The third kappa shape index (κ3) is 5.91. The van der Waals surface area contributed by atoms with Crippen LogP contribution in [-0.4, -0.2) is 63.0 Å². The molecule has 0 aliphatic rings. The molecule has 0 atom stereocenters. The van der Waals surface area contributed by atoms with Crippen LogP contribution >= 0.6 is 11.3 Å². The summed E-state index contributed by atoms with van der Waals surface area (Å²) in [6.07, 6.45) is 1.54. The molecular weight excluding hydrogens is 594 g/mol. The molecule has 44 heavy (non-hydrogen) atoms. The lowest BCUT2D eigenvalue weighted by Crippen LogP contribution is -2.39. The Bertz CT molecular complexity index is 1930. The van der Waals surface area contributed by atoms with E-state index in [0.717, 1.165) is 32.6 Å². The molecule has 5 aromatic rings. The van der Waals surface area contributed by atoms with Crippen LogP contribution in [0.15, 0.2) is 58.3 Å². The minimum absolute atomic E-state index is 0.0866. The molecule has 12 nitrogen and oxygen atoms in total. The van der Waals surface area contributed by atoms with E-state index in [9.17, 15) is 23.2 Å². The van der Waals surface area contributed by atoms with Gasteiger partial charge in [-0.25, -0.2) is 27.9 Å². The minimum Gasteiger partial charge on any atom is -0.480 e. The fourth-order valence-corrected chi connectivity index (χ4v) is 5.90. The van der Waals surface area contributed by atoms with E-state index in [1.807, 2.05) is 19.0 Å². The van der Waals surface area contributed by atoms with Crippen LogP contribution in [0.2, 0.25) is 0 Å². The maximum Gasteiger partial charge on any atom is 0.338 e. The van der Waals surface area contributed by atoms with Crippen molar-refractivity contribution in [3.05, 3.63) is 92.3 Å². The molecule has 0 unspecified atom stereocenters. The number of rotatable bonds is 9. The number of nitrogens with one attached hydrogen (secondary N) is 2. The maximum atomic E-state index is 14.8. The Morgan fingerprint density at radius 2 is 1.80 bits per heavy atom. The molecule has 0 bridgehead atoms. The summed E-state index contributed by atoms with van der Waals surface area (Å²) in [7, 11) is 5.04. The number of thiophene rings is 1. The van der Waals surface area contributed by atoms with Crippen LogP contribution in [0, 0.1) is 11.6 Å². The topological polar surface area (TPSA) is 136 Å². The second-order valence-electron chi connectivity index (χ2n) is 9.89. The van der Waals surface area contributed by atoms with Gasteiger partial charge in [0.05, 0.1) is 19.0 Å². The Hall–Kier alpha value is -5.02. The van der Waals surface area contributed by atoms with Crippen molar-refractivity contribution in [2.45, 2.75) is 20.0 Å². The summed E-state index contributed by atoms with van der Waals surface area (Å²) in [6.45, 7) is 2.02. The number of aromatic nitrogens is 5. The predicted octanol–water partition coefficient (Wildman–Crippen LogP) is 3.60. The number of anilines is 1. The number of carbonyl (C=O) groups excluding carboxylic acids is 1. The van der Waals surface area contributed by atoms with E-state index in [4.69, 9.17) is 4.74 Å². The van der Waals surface area contributed by atoms with Crippen molar-refractivity contribution in [1.82, 2.24) is 34.5 Å². The van der Waals surface area contributed by atoms with Crippen LogP contribution in [0.25, 0.3) is 26.5 Å². The van der Waals surface area contributed by atoms with Gasteiger partial charge in [0.1, 0.15) is 22.3 Å². The highest BCUT2D eigenvalue weighted by Gasteiger charge is 2.26. The number of carbonyl (C=O) groups is 1. The van der Waals surface area contributed by atoms with Gasteiger partial charge in [0, 0.05) is 41.4 Å². The van der Waals surface area contributed by atoms with E-state index in [1.165, 1.54) is 31.5 Å². The lowest BCUT2D eigenvalue weighted by Gasteiger charge is -2.14. The summed E-state index contributed by atoms with van der Waals surface area (Å²) in [5.74, 6) is -1.28. The van der Waals surface area contributed by atoms with Gasteiger partial charge in [-0.1, -0.05) is 6.07 Å². The molecule has 228 valence electrons. The van der Waals surface area contributed by atoms with Gasteiger partial charge in [0.15, 0.2) is 5.82 Å². The van der Waals surface area contributed by atoms with Crippen LogP contribution in [0.5, 0.6) is 5.88 Å². The van der Waals surface area contributed by atoms with Gasteiger partial charge in [-0.15, -0.1) is 21.5 Å². The van der Waals surface area contributed by atoms with Crippen LogP contribution in [0.1, 0.15) is 18.1 Å². The second-order valence-corrected chi connectivity index (χ2v) is 10.9. The standard InChI is InChI=1S/C29H28F2N8O4S/c1-5-32-28(41)34-21-10-9-16(13-33-21)25-18(14-37(2)3)24-26(40)39(22-11-12-23(43-4)36-35-22)29(42)38(27(24)44-25)15-17-19(30)7-6-8-20(17)31/h6-13H,5,14-15H2,1-4H3,(H2,32,33,34,41). The Morgan fingerprint density at radius 3 is 2.39 bits per heavy atom. The van der Waals surface area contributed by atoms with E-state index in [0.29, 0.717) is 28.4 Å². The first-order valence-corrected chi connectivity index (χ1v) is 14.2. The Kier molecular flexibility index (Phi) is 8.78. The van der Waals surface area contributed by atoms with E-state index < -0.39 is 35.5 Å². The van der Waals surface area contributed by atoms with E-state index in [-0.39, 0.29) is 34.0 Å². The molecule has 4 aromatic heterocycles. The number of pyridine rings is 1. The number of urea groups is 1. The molecule has 0 aliphatic carbocycles. The van der Waals surface area contributed by atoms with Crippen molar-refractivity contribution in [2.24, 2.45) is 0 Å². The third-order valence-electron chi connectivity index (χ3n) is 6.59. The number of methoxy groups -OCH3 is 1. The van der Waals surface area contributed by atoms with Crippen molar-refractivity contribution >= 4 is 33.4 Å². The minimum atomic E-state index is -0.853. The molecule has 1 aromatic carbocycles. The number of halogens is 2. The van der Waals surface area contributed by atoms with Crippen LogP contribution in [0.3, 0.4) is 0 Å². The number of fused-ring (bicyclic) bond motifs is 1. The monoisotopic (exact) mass is 622 g/mol. The second kappa shape index (κ2) is 12.7. The highest BCUT2D eigenvalue weighted by Crippen LogP contribution is 2.38. The van der Waals surface area contributed by atoms with Crippen molar-refractivity contribution < 1.29 is 18.3 Å². The lowest BCUT2D eigenvalue weighted by atomic mass is 10.1. The summed E-state index contributed by atoms with van der Waals surface area (Å²) in [5, 5.41) is 13.3. The van der Waals surface area contributed by atoms with Crippen LogP contribution in [0.4, 0.5) is 19.4 Å². The first kappa shape index (κ1) is 30.4. The maximum absolute atomic E-state index is 14.8. The highest BCUT2D eigenvalue weighted by atomic mass is 32.1. The van der Waals surface area contributed by atoms with E-state index in [1.54, 1.807) is 19.1 Å². The first-order valence-electron chi connectivity index (χ1n) is 13.4. The number of ether oxygens (including phenoxy) is 1. The smallest absolute Gasteiger partial charge is 0.338 e. The molecule has 15 heteroatoms. The highest BCUT2D eigenvalue weighted by molar-refractivity contribution is 7.22. The fraction of sp³-hybridized carbons (Fsp3) is 0.241. The molecular formula is C29H28F2N8O4S. The molecule has 2 amide bonds. The van der Waals surface area contributed by atoms with E-state index in [2.05, 4.69) is 25.8 Å². The number of hydrogen-bond donors (Lipinski definition) is 2.